The van der Waals surface area contributed by atoms with Crippen LogP contribution < -0.4 is 0 Å². The molecule has 0 bridgehead atoms. The van der Waals surface area contributed by atoms with Crippen LogP contribution in [-0.2, 0) is 6.18 Å². The van der Waals surface area contributed by atoms with E-state index in [9.17, 15) is 13.2 Å². The van der Waals surface area contributed by atoms with Crippen molar-refractivity contribution < 1.29 is 17.6 Å². The van der Waals surface area contributed by atoms with Gasteiger partial charge in [-0.05, 0) is 36.2 Å². The van der Waals surface area contributed by atoms with Crippen molar-refractivity contribution in [3.05, 3.63) is 96.0 Å². The number of benzene rings is 3. The van der Waals surface area contributed by atoms with E-state index in [1.807, 2.05) is 49.4 Å². The molecule has 5 aromatic rings. The highest BCUT2D eigenvalue weighted by molar-refractivity contribution is 5.69. The number of halogens is 3. The summed E-state index contributed by atoms with van der Waals surface area (Å²) < 4.78 is 48.5. The van der Waals surface area contributed by atoms with Gasteiger partial charge in [0.2, 0.25) is 5.89 Å². The van der Waals surface area contributed by atoms with Crippen LogP contribution in [0.4, 0.5) is 13.2 Å². The zero-order chi connectivity index (χ0) is 23.9. The van der Waals surface area contributed by atoms with Crippen LogP contribution in [0.2, 0.25) is 0 Å². The second kappa shape index (κ2) is 8.30. The third-order valence-electron chi connectivity index (χ3n) is 5.42. The number of aromatic nitrogens is 4. The summed E-state index contributed by atoms with van der Waals surface area (Å²) in [6.45, 7) is 3.66. The van der Waals surface area contributed by atoms with Crippen molar-refractivity contribution in [1.29, 1.82) is 0 Å². The van der Waals surface area contributed by atoms with Crippen LogP contribution in [-0.4, -0.2) is 19.7 Å². The Morgan fingerprint density at radius 1 is 0.824 bits per heavy atom. The molecule has 0 radical (unpaired) electrons. The first kappa shape index (κ1) is 21.6. The number of hydrogen-bond acceptors (Lipinski definition) is 4. The second-order valence-electron chi connectivity index (χ2n) is 7.91. The normalized spacial score (nSPS) is 11.7. The van der Waals surface area contributed by atoms with Crippen LogP contribution in [0.3, 0.4) is 0 Å². The first-order chi connectivity index (χ1) is 16.3. The topological polar surface area (TPSA) is 56.7 Å². The summed E-state index contributed by atoms with van der Waals surface area (Å²) in [5.74, 6) is 0.602. The fourth-order valence-electron chi connectivity index (χ4n) is 3.83. The highest BCUT2D eigenvalue weighted by Gasteiger charge is 2.35. The lowest BCUT2D eigenvalue weighted by Gasteiger charge is -2.14. The van der Waals surface area contributed by atoms with Crippen LogP contribution in [0.25, 0.3) is 39.8 Å². The van der Waals surface area contributed by atoms with Gasteiger partial charge in [-0.3, -0.25) is 4.57 Å². The average molecular weight is 460 g/mol. The molecule has 5 nitrogen and oxygen atoms in total. The van der Waals surface area contributed by atoms with E-state index in [4.69, 9.17) is 4.42 Å². The smallest absolute Gasteiger partial charge is 0.417 e. The van der Waals surface area contributed by atoms with Crippen molar-refractivity contribution in [2.45, 2.75) is 20.0 Å². The van der Waals surface area contributed by atoms with Crippen LogP contribution in [0.5, 0.6) is 0 Å². The van der Waals surface area contributed by atoms with Gasteiger partial charge in [-0.1, -0.05) is 60.2 Å². The average Bonchev–Trinajstić information content (AvgIpc) is 3.45. The van der Waals surface area contributed by atoms with E-state index >= 15 is 0 Å². The van der Waals surface area contributed by atoms with Crippen molar-refractivity contribution in [2.24, 2.45) is 0 Å². The predicted molar refractivity (Wildman–Crippen MR) is 122 cm³/mol. The zero-order valence-electron chi connectivity index (χ0n) is 18.3. The standard InChI is InChI=1S/C26H19F3N4O/c1-16-6-5-7-19(14-16)18-10-12-20(13-11-18)33-15-23(25-32-31-17(2)34-25)30-24(33)21-8-3-4-9-22(21)26(27,28)29/h3-15H,1-2H3. The highest BCUT2D eigenvalue weighted by Crippen LogP contribution is 2.38. The second-order valence-corrected chi connectivity index (χ2v) is 7.91. The maximum atomic E-state index is 13.8. The Bertz CT molecular complexity index is 1470. The molecule has 0 saturated heterocycles. The Balaban J connectivity index is 1.66. The SMILES string of the molecule is Cc1cccc(-c2ccc(-n3cc(-c4nnc(C)o4)nc3-c3ccccc3C(F)(F)F)cc2)c1. The molecule has 0 amide bonds. The van der Waals surface area contributed by atoms with E-state index in [0.717, 1.165) is 22.8 Å². The van der Waals surface area contributed by atoms with Gasteiger partial charge in [0, 0.05) is 24.4 Å². The van der Waals surface area contributed by atoms with Gasteiger partial charge in [0.25, 0.3) is 5.89 Å². The summed E-state index contributed by atoms with van der Waals surface area (Å²) in [7, 11) is 0. The molecule has 2 heterocycles. The van der Waals surface area contributed by atoms with Gasteiger partial charge in [-0.25, -0.2) is 4.98 Å². The zero-order valence-corrected chi connectivity index (χ0v) is 18.3. The number of alkyl halides is 3. The number of imidazole rings is 1. The third-order valence-corrected chi connectivity index (χ3v) is 5.42. The van der Waals surface area contributed by atoms with Gasteiger partial charge in [-0.2, -0.15) is 13.2 Å². The maximum absolute atomic E-state index is 13.8. The van der Waals surface area contributed by atoms with Crippen molar-refractivity contribution in [3.63, 3.8) is 0 Å². The van der Waals surface area contributed by atoms with Crippen molar-refractivity contribution in [3.8, 4) is 39.8 Å². The lowest BCUT2D eigenvalue weighted by molar-refractivity contribution is -0.137. The molecule has 0 unspecified atom stereocenters. The molecule has 8 heteroatoms. The van der Waals surface area contributed by atoms with Crippen LogP contribution in [0, 0.1) is 13.8 Å². The molecule has 170 valence electrons. The fraction of sp³-hybridized carbons (Fsp3) is 0.115. The van der Waals surface area contributed by atoms with Gasteiger partial charge >= 0.3 is 6.18 Å². The Morgan fingerprint density at radius 2 is 1.59 bits per heavy atom. The van der Waals surface area contributed by atoms with E-state index in [1.54, 1.807) is 23.8 Å². The van der Waals surface area contributed by atoms with E-state index < -0.39 is 11.7 Å². The van der Waals surface area contributed by atoms with Gasteiger partial charge in [0.15, 0.2) is 0 Å². The van der Waals surface area contributed by atoms with E-state index in [2.05, 4.69) is 21.2 Å². The third kappa shape index (κ3) is 4.10. The summed E-state index contributed by atoms with van der Waals surface area (Å²) in [4.78, 5) is 4.47. The molecule has 0 fully saturated rings. The number of nitrogens with zero attached hydrogens (tertiary/aromatic N) is 4. The number of rotatable bonds is 4. The molecule has 0 atom stereocenters. The van der Waals surface area contributed by atoms with Gasteiger partial charge < -0.3 is 4.42 Å². The molecule has 5 rings (SSSR count). The van der Waals surface area contributed by atoms with E-state index in [0.29, 0.717) is 11.6 Å². The first-order valence-electron chi connectivity index (χ1n) is 10.5. The summed E-state index contributed by atoms with van der Waals surface area (Å²) in [6, 6.07) is 21.0. The molecule has 0 aliphatic heterocycles. The minimum Gasteiger partial charge on any atom is -0.420 e. The molecule has 2 aromatic heterocycles. The van der Waals surface area contributed by atoms with Crippen molar-refractivity contribution >= 4 is 0 Å². The maximum Gasteiger partial charge on any atom is 0.417 e. The summed E-state index contributed by atoms with van der Waals surface area (Å²) in [5.41, 5.74) is 3.32. The molecule has 0 saturated carbocycles. The summed E-state index contributed by atoms with van der Waals surface area (Å²) >= 11 is 0. The molecule has 0 spiro atoms. The molecule has 0 aliphatic carbocycles. The Labute approximate surface area is 193 Å². The van der Waals surface area contributed by atoms with Gasteiger partial charge in [0.1, 0.15) is 11.5 Å². The fourth-order valence-corrected chi connectivity index (χ4v) is 3.83. The minimum absolute atomic E-state index is 0.0414. The highest BCUT2D eigenvalue weighted by atomic mass is 19.4. The minimum atomic E-state index is -4.54. The van der Waals surface area contributed by atoms with Crippen LogP contribution >= 0.6 is 0 Å². The van der Waals surface area contributed by atoms with Crippen LogP contribution in [0.15, 0.2) is 83.4 Å². The molecule has 3 aromatic carbocycles. The van der Waals surface area contributed by atoms with Crippen LogP contribution in [0.1, 0.15) is 17.0 Å². The van der Waals surface area contributed by atoms with E-state index in [1.165, 1.54) is 12.1 Å². The van der Waals surface area contributed by atoms with Crippen molar-refractivity contribution in [2.75, 3.05) is 0 Å². The summed E-state index contributed by atoms with van der Waals surface area (Å²) in [5, 5.41) is 7.79. The number of hydrogen-bond donors (Lipinski definition) is 0. The van der Waals surface area contributed by atoms with Crippen molar-refractivity contribution in [1.82, 2.24) is 19.7 Å². The number of aryl methyl sites for hydroxylation is 2. The molecular formula is C26H19F3N4O. The monoisotopic (exact) mass is 460 g/mol. The van der Waals surface area contributed by atoms with Gasteiger partial charge in [-0.15, -0.1) is 10.2 Å². The lowest BCUT2D eigenvalue weighted by atomic mass is 10.0. The van der Waals surface area contributed by atoms with Gasteiger partial charge in [0.05, 0.1) is 5.56 Å². The predicted octanol–water partition coefficient (Wildman–Crippen LogP) is 6.89. The van der Waals surface area contributed by atoms with E-state index in [-0.39, 0.29) is 23.0 Å². The molecule has 34 heavy (non-hydrogen) atoms. The molecule has 0 aliphatic rings. The summed E-state index contributed by atoms with van der Waals surface area (Å²) in [6.07, 6.45) is -2.93. The Kier molecular flexibility index (Phi) is 5.28. The lowest BCUT2D eigenvalue weighted by Crippen LogP contribution is -2.08. The molecular weight excluding hydrogens is 441 g/mol. The largest absolute Gasteiger partial charge is 0.420 e. The Morgan fingerprint density at radius 3 is 2.26 bits per heavy atom. The molecule has 0 N–H and O–H groups in total. The first-order valence-corrected chi connectivity index (χ1v) is 10.5. The quantitative estimate of drug-likeness (QED) is 0.293. The Hall–Kier alpha value is -4.20.